The zero-order chi connectivity index (χ0) is 33.9. The highest BCUT2D eigenvalue weighted by atomic mass is 35.5. The van der Waals surface area contributed by atoms with Crippen LogP contribution < -0.4 is 0 Å². The van der Waals surface area contributed by atoms with Gasteiger partial charge in [-0.05, 0) is 69.3 Å². The summed E-state index contributed by atoms with van der Waals surface area (Å²) in [5.41, 5.74) is 4.14. The smallest absolute Gasteiger partial charge is 0.247 e. The molecule has 0 aromatic heterocycles. The van der Waals surface area contributed by atoms with Gasteiger partial charge < -0.3 is 5.11 Å². The van der Waals surface area contributed by atoms with Gasteiger partial charge in [0, 0.05) is 18.1 Å². The second kappa shape index (κ2) is 14.1. The monoisotopic (exact) mass is 715 g/mol. The Balaban J connectivity index is 1.27. The molecule has 48 heavy (non-hydrogen) atoms. The fourth-order valence-corrected chi connectivity index (χ4v) is 9.04. The van der Waals surface area contributed by atoms with E-state index in [1.54, 1.807) is 30.3 Å². The summed E-state index contributed by atoms with van der Waals surface area (Å²) in [6.45, 7) is -0.0703. The fourth-order valence-electron chi connectivity index (χ4n) is 5.56. The van der Waals surface area contributed by atoms with E-state index in [2.05, 4.69) is 0 Å². The minimum atomic E-state index is -4.32. The van der Waals surface area contributed by atoms with E-state index in [9.17, 15) is 21.9 Å². The largest absolute Gasteiger partial charge is 0.505 e. The Hall–Kier alpha value is -4.18. The lowest BCUT2D eigenvalue weighted by Crippen LogP contribution is -2.30. The zero-order valence-electron chi connectivity index (χ0n) is 25.6. The molecule has 0 aliphatic rings. The predicted octanol–water partition coefficient (Wildman–Crippen LogP) is 8.93. The Morgan fingerprint density at radius 1 is 0.583 bits per heavy atom. The van der Waals surface area contributed by atoms with Gasteiger partial charge in [0.05, 0.1) is 15.7 Å². The molecule has 0 bridgehead atoms. The topological polar surface area (TPSA) is 91.8 Å². The van der Waals surface area contributed by atoms with E-state index in [0.717, 1.165) is 33.0 Å². The highest BCUT2D eigenvalue weighted by Gasteiger charge is 2.30. The highest BCUT2D eigenvalue weighted by molar-refractivity contribution is 7.91. The van der Waals surface area contributed by atoms with Crippen LogP contribution in [-0.2, 0) is 39.4 Å². The first-order valence-electron chi connectivity index (χ1n) is 15.1. The number of aryl methyl sites for hydroxylation is 1. The summed E-state index contributed by atoms with van der Waals surface area (Å²) in [4.78, 5) is -0.147. The van der Waals surface area contributed by atoms with Crippen molar-refractivity contribution in [2.45, 2.75) is 29.3 Å². The normalized spacial score (nSPS) is 12.1. The molecule has 244 valence electrons. The second-order valence-corrected chi connectivity index (χ2v) is 16.3. The maximum atomic E-state index is 14.1. The molecule has 6 aromatic carbocycles. The first-order valence-corrected chi connectivity index (χ1v) is 19.0. The van der Waals surface area contributed by atoms with E-state index < -0.39 is 30.5 Å². The summed E-state index contributed by atoms with van der Waals surface area (Å²) in [5, 5.41) is 12.4. The van der Waals surface area contributed by atoms with Crippen molar-refractivity contribution in [1.29, 1.82) is 0 Å². The molecule has 0 saturated carbocycles. The van der Waals surface area contributed by atoms with Crippen molar-refractivity contribution in [3.8, 4) is 16.9 Å². The third-order valence-electron chi connectivity index (χ3n) is 8.12. The molecule has 6 nitrogen and oxygen atoms in total. The molecule has 10 heteroatoms. The maximum absolute atomic E-state index is 14.1. The van der Waals surface area contributed by atoms with Gasteiger partial charge in [-0.15, -0.1) is 0 Å². The summed E-state index contributed by atoms with van der Waals surface area (Å²) in [5.74, 6) is -0.697. The molecule has 0 saturated heterocycles. The lowest BCUT2D eigenvalue weighted by Gasteiger charge is -2.24. The summed E-state index contributed by atoms with van der Waals surface area (Å²) in [6, 6.07) is 39.8. The van der Waals surface area contributed by atoms with E-state index in [0.29, 0.717) is 5.56 Å². The average molecular weight is 717 g/mol. The molecule has 0 radical (unpaired) electrons. The third-order valence-corrected chi connectivity index (χ3v) is 12.1. The maximum Gasteiger partial charge on any atom is 0.247 e. The molecule has 6 rings (SSSR count). The summed E-state index contributed by atoms with van der Waals surface area (Å²) in [6.07, 6.45) is 0.237. The molecule has 0 amide bonds. The number of fused-ring (bicyclic) bond motifs is 1. The highest BCUT2D eigenvalue weighted by Crippen LogP contribution is 2.37. The number of phenols is 1. The number of hydrogen-bond donors (Lipinski definition) is 1. The second-order valence-electron chi connectivity index (χ2n) is 11.5. The fraction of sp³-hybridized carbons (Fsp3) is 0.105. The van der Waals surface area contributed by atoms with Gasteiger partial charge in [-0.25, -0.2) is 16.8 Å². The molecule has 0 aliphatic carbocycles. The van der Waals surface area contributed by atoms with Crippen LogP contribution in [0.5, 0.6) is 5.75 Å². The molecule has 6 aromatic rings. The number of aromatic hydroxyl groups is 1. The Labute approximate surface area is 290 Å². The van der Waals surface area contributed by atoms with E-state index in [1.165, 1.54) is 16.4 Å². The van der Waals surface area contributed by atoms with Gasteiger partial charge >= 0.3 is 0 Å². The summed E-state index contributed by atoms with van der Waals surface area (Å²) >= 11 is 12.3. The number of rotatable bonds is 11. The first kappa shape index (κ1) is 33.7. The van der Waals surface area contributed by atoms with E-state index >= 15 is 0 Å². The van der Waals surface area contributed by atoms with Crippen LogP contribution in [0.2, 0.25) is 10.0 Å². The molecular formula is C38H31Cl2NO5S2. The van der Waals surface area contributed by atoms with Gasteiger partial charge in [-0.1, -0.05) is 132 Å². The van der Waals surface area contributed by atoms with Crippen molar-refractivity contribution >= 4 is 53.8 Å². The standard InChI is InChI=1S/C38H31Cl2NO5S2/c39-34-23-36(40)38(42)37(24-34)48(45,46)41(25-28-13-15-32(16-14-28)30-9-2-1-3-10-30)26-29-8-6-7-27(21-29)19-20-47(43,44)35-18-17-31-11-4-5-12-33(31)22-35/h1-18,21-24,42H,19-20,25-26H2. The van der Waals surface area contributed by atoms with E-state index in [1.807, 2.05) is 91.0 Å². The molecule has 1 N–H and O–H groups in total. The minimum Gasteiger partial charge on any atom is -0.505 e. The van der Waals surface area contributed by atoms with Crippen LogP contribution in [0.4, 0.5) is 0 Å². The Morgan fingerprint density at radius 3 is 1.98 bits per heavy atom. The van der Waals surface area contributed by atoms with Crippen LogP contribution in [0.15, 0.2) is 143 Å². The number of sulfone groups is 1. The lowest BCUT2D eigenvalue weighted by atomic mass is 10.0. The van der Waals surface area contributed by atoms with Gasteiger partial charge in [0.15, 0.2) is 15.6 Å². The lowest BCUT2D eigenvalue weighted by molar-refractivity contribution is 0.394. The molecular weight excluding hydrogens is 685 g/mol. The van der Waals surface area contributed by atoms with E-state index in [-0.39, 0.29) is 40.2 Å². The number of hydrogen-bond acceptors (Lipinski definition) is 5. The van der Waals surface area contributed by atoms with E-state index in [4.69, 9.17) is 23.2 Å². The van der Waals surface area contributed by atoms with Gasteiger partial charge in [-0.2, -0.15) is 4.31 Å². The van der Waals surface area contributed by atoms with Crippen LogP contribution in [0.25, 0.3) is 21.9 Å². The predicted molar refractivity (Wildman–Crippen MR) is 193 cm³/mol. The van der Waals surface area contributed by atoms with Crippen molar-refractivity contribution in [3.05, 3.63) is 160 Å². The van der Waals surface area contributed by atoms with Crippen molar-refractivity contribution in [3.63, 3.8) is 0 Å². The number of benzene rings is 6. The summed E-state index contributed by atoms with van der Waals surface area (Å²) in [7, 11) is -7.90. The summed E-state index contributed by atoms with van der Waals surface area (Å²) < 4.78 is 56.0. The quantitative estimate of drug-likeness (QED) is 0.145. The molecule has 0 heterocycles. The van der Waals surface area contributed by atoms with Crippen molar-refractivity contribution in [2.24, 2.45) is 0 Å². The molecule has 0 atom stereocenters. The van der Waals surface area contributed by atoms with Crippen LogP contribution in [-0.4, -0.2) is 32.0 Å². The number of phenolic OH excluding ortho intramolecular Hbond substituents is 1. The van der Waals surface area contributed by atoms with Crippen molar-refractivity contribution in [1.82, 2.24) is 4.31 Å². The van der Waals surface area contributed by atoms with Gasteiger partial charge in [0.25, 0.3) is 0 Å². The number of sulfonamides is 1. The Morgan fingerprint density at radius 2 is 1.23 bits per heavy atom. The molecule has 0 unspecified atom stereocenters. The van der Waals surface area contributed by atoms with Crippen LogP contribution in [0.1, 0.15) is 16.7 Å². The van der Waals surface area contributed by atoms with Gasteiger partial charge in [-0.3, -0.25) is 0 Å². The van der Waals surface area contributed by atoms with Crippen molar-refractivity contribution in [2.75, 3.05) is 5.75 Å². The zero-order valence-corrected chi connectivity index (χ0v) is 28.8. The molecule has 0 spiro atoms. The number of halogens is 2. The first-order chi connectivity index (χ1) is 23.0. The molecule has 0 aliphatic heterocycles. The Bertz CT molecular complexity index is 2310. The van der Waals surface area contributed by atoms with Crippen LogP contribution in [0, 0.1) is 0 Å². The Kier molecular flexibility index (Phi) is 9.92. The molecule has 0 fully saturated rings. The van der Waals surface area contributed by atoms with Gasteiger partial charge in [0.2, 0.25) is 10.0 Å². The minimum absolute atomic E-state index is 0.0124. The van der Waals surface area contributed by atoms with Gasteiger partial charge in [0.1, 0.15) is 4.90 Å². The average Bonchev–Trinajstić information content (AvgIpc) is 3.09. The van der Waals surface area contributed by atoms with Crippen molar-refractivity contribution < 1.29 is 21.9 Å². The SMILES string of the molecule is O=S(=O)(CCc1cccc(CN(Cc2ccc(-c3ccccc3)cc2)S(=O)(=O)c2cc(Cl)cc(Cl)c2O)c1)c1ccc2ccccc2c1. The third kappa shape index (κ3) is 7.59. The van der Waals surface area contributed by atoms with Crippen LogP contribution >= 0.6 is 23.2 Å². The van der Waals surface area contributed by atoms with Crippen LogP contribution in [0.3, 0.4) is 0 Å². The number of nitrogens with zero attached hydrogens (tertiary/aromatic N) is 1.